The van der Waals surface area contributed by atoms with Gasteiger partial charge in [0.05, 0.1) is 6.20 Å². The minimum absolute atomic E-state index is 0.0767. The molecule has 2 saturated heterocycles. The number of benzene rings is 2. The third-order valence-corrected chi connectivity index (χ3v) is 7.09. The number of aliphatic hydroxyl groups is 1. The molecule has 4 atom stereocenters. The average molecular weight is 614 g/mol. The van der Waals surface area contributed by atoms with Crippen LogP contribution in [0.15, 0.2) is 76.4 Å². The van der Waals surface area contributed by atoms with Crippen molar-refractivity contribution in [2.24, 2.45) is 0 Å². The number of halogens is 1. The summed E-state index contributed by atoms with van der Waals surface area (Å²) in [5.74, 6) is -3.09. The van der Waals surface area contributed by atoms with E-state index in [-0.39, 0.29) is 11.5 Å². The van der Waals surface area contributed by atoms with Crippen molar-refractivity contribution in [2.75, 3.05) is 13.2 Å². The van der Waals surface area contributed by atoms with Gasteiger partial charge in [0.15, 0.2) is 12.3 Å². The SMILES string of the molecule is O=C(OC[C@H]1O[C@@H](n2cc(F)c(=O)n(COC(=O)[C@@H]3CCCN3)c2=O)C[C@@]1(O)C(=O)Oc1ccccc1)Oc1ccccc1. The van der Waals surface area contributed by atoms with Crippen LogP contribution >= 0.6 is 0 Å². The van der Waals surface area contributed by atoms with Gasteiger partial charge < -0.3 is 34.1 Å². The molecule has 2 aliphatic rings. The fourth-order valence-corrected chi connectivity index (χ4v) is 4.77. The lowest BCUT2D eigenvalue weighted by Crippen LogP contribution is -2.50. The minimum Gasteiger partial charge on any atom is -0.442 e. The average Bonchev–Trinajstić information content (AvgIpc) is 3.68. The molecule has 0 radical (unpaired) electrons. The molecular formula is C29H28FN3O11. The summed E-state index contributed by atoms with van der Waals surface area (Å²) < 4.78 is 42.0. The molecule has 44 heavy (non-hydrogen) atoms. The Hall–Kier alpha value is -4.86. The molecule has 3 aromatic rings. The summed E-state index contributed by atoms with van der Waals surface area (Å²) in [5, 5.41) is 14.4. The second kappa shape index (κ2) is 13.2. The fraction of sp³-hybridized carbons (Fsp3) is 0.345. The molecule has 2 N–H and O–H groups in total. The normalized spacial score (nSPS) is 22.7. The third kappa shape index (κ3) is 6.69. The standard InChI is InChI=1S/C29H28FN3O11/c30-20-15-32(27(37)33(24(20)34)17-41-25(35)21-12-7-13-31-21)23-14-29(39,26(36)42-18-8-3-1-4-9-18)22(44-23)16-40-28(38)43-19-10-5-2-6-11-19/h1-6,8-11,15,21-23,31,39H,7,12-14,16-17H2/t21-,22+,23+,29-/m0/s1. The van der Waals surface area contributed by atoms with E-state index >= 15 is 0 Å². The molecule has 1 aromatic heterocycles. The summed E-state index contributed by atoms with van der Waals surface area (Å²) in [7, 11) is 0. The Morgan fingerprint density at radius 1 is 1.00 bits per heavy atom. The van der Waals surface area contributed by atoms with Crippen LogP contribution in [-0.4, -0.2) is 63.2 Å². The van der Waals surface area contributed by atoms with Crippen molar-refractivity contribution in [2.45, 2.75) is 50.0 Å². The molecular weight excluding hydrogens is 585 g/mol. The number of nitrogens with zero attached hydrogens (tertiary/aromatic N) is 2. The Balaban J connectivity index is 1.38. The lowest BCUT2D eigenvalue weighted by molar-refractivity contribution is -0.164. The summed E-state index contributed by atoms with van der Waals surface area (Å²) in [4.78, 5) is 63.6. The zero-order valence-corrected chi connectivity index (χ0v) is 23.1. The number of carbonyl (C=O) groups excluding carboxylic acids is 3. The van der Waals surface area contributed by atoms with Crippen LogP contribution in [0.3, 0.4) is 0 Å². The molecule has 3 heterocycles. The van der Waals surface area contributed by atoms with E-state index < -0.39 is 78.9 Å². The van der Waals surface area contributed by atoms with Gasteiger partial charge in [-0.25, -0.2) is 19.0 Å². The maximum absolute atomic E-state index is 14.8. The van der Waals surface area contributed by atoms with Crippen molar-refractivity contribution in [3.8, 4) is 11.5 Å². The lowest BCUT2D eigenvalue weighted by atomic mass is 9.95. The number of hydrogen-bond donors (Lipinski definition) is 2. The highest BCUT2D eigenvalue weighted by molar-refractivity contribution is 5.83. The zero-order chi connectivity index (χ0) is 31.3. The number of hydrogen-bond acceptors (Lipinski definition) is 12. The van der Waals surface area contributed by atoms with Crippen molar-refractivity contribution < 1.29 is 47.6 Å². The first-order valence-electron chi connectivity index (χ1n) is 13.6. The molecule has 0 bridgehead atoms. The van der Waals surface area contributed by atoms with Gasteiger partial charge in [-0.05, 0) is 43.7 Å². The predicted molar refractivity (Wildman–Crippen MR) is 146 cm³/mol. The molecule has 0 unspecified atom stereocenters. The van der Waals surface area contributed by atoms with Crippen LogP contribution in [0.4, 0.5) is 9.18 Å². The highest BCUT2D eigenvalue weighted by atomic mass is 19.1. The van der Waals surface area contributed by atoms with Gasteiger partial charge in [0.25, 0.3) is 5.56 Å². The van der Waals surface area contributed by atoms with E-state index in [1.54, 1.807) is 36.4 Å². The zero-order valence-electron chi connectivity index (χ0n) is 23.1. The van der Waals surface area contributed by atoms with E-state index in [0.29, 0.717) is 28.3 Å². The van der Waals surface area contributed by atoms with Crippen molar-refractivity contribution in [1.82, 2.24) is 14.5 Å². The van der Waals surface area contributed by atoms with Crippen molar-refractivity contribution in [1.29, 1.82) is 0 Å². The van der Waals surface area contributed by atoms with Gasteiger partial charge in [-0.15, -0.1) is 0 Å². The molecule has 0 aliphatic carbocycles. The molecule has 0 amide bonds. The number of esters is 2. The number of rotatable bonds is 9. The molecule has 2 aromatic carbocycles. The molecule has 15 heteroatoms. The van der Waals surface area contributed by atoms with Gasteiger partial charge in [-0.3, -0.25) is 14.2 Å². The van der Waals surface area contributed by atoms with Crippen LogP contribution < -0.4 is 26.0 Å². The number of ether oxygens (including phenoxy) is 5. The summed E-state index contributed by atoms with van der Waals surface area (Å²) in [6.45, 7) is -1.04. The molecule has 2 fully saturated rings. The van der Waals surface area contributed by atoms with Gasteiger partial charge >= 0.3 is 23.8 Å². The third-order valence-electron chi connectivity index (χ3n) is 7.09. The van der Waals surface area contributed by atoms with Crippen LogP contribution in [-0.2, 0) is 30.5 Å². The minimum atomic E-state index is -2.52. The second-order valence-corrected chi connectivity index (χ2v) is 10.0. The highest BCUT2D eigenvalue weighted by Crippen LogP contribution is 2.38. The van der Waals surface area contributed by atoms with Crippen LogP contribution in [0.2, 0.25) is 0 Å². The smallest absolute Gasteiger partial charge is 0.442 e. The van der Waals surface area contributed by atoms with Crippen LogP contribution in [0.25, 0.3) is 0 Å². The number of carbonyl (C=O) groups is 3. The number of aromatic nitrogens is 2. The van der Waals surface area contributed by atoms with E-state index in [9.17, 15) is 33.5 Å². The van der Waals surface area contributed by atoms with Crippen molar-refractivity contribution >= 4 is 18.1 Å². The first-order valence-corrected chi connectivity index (χ1v) is 13.6. The fourth-order valence-electron chi connectivity index (χ4n) is 4.77. The van der Waals surface area contributed by atoms with Crippen LogP contribution in [0.1, 0.15) is 25.5 Å². The van der Waals surface area contributed by atoms with Gasteiger partial charge in [0.2, 0.25) is 5.82 Å². The topological polar surface area (TPSA) is 174 Å². The van der Waals surface area contributed by atoms with Crippen molar-refractivity contribution in [3.63, 3.8) is 0 Å². The Morgan fingerprint density at radius 2 is 1.66 bits per heavy atom. The second-order valence-electron chi connectivity index (χ2n) is 10.0. The van der Waals surface area contributed by atoms with Crippen molar-refractivity contribution in [3.05, 3.63) is 93.5 Å². The maximum atomic E-state index is 14.8. The van der Waals surface area contributed by atoms with Crippen LogP contribution in [0.5, 0.6) is 11.5 Å². The summed E-state index contributed by atoms with van der Waals surface area (Å²) in [6, 6.07) is 15.1. The molecule has 0 saturated carbocycles. The monoisotopic (exact) mass is 613 g/mol. The molecule has 14 nitrogen and oxygen atoms in total. The first-order chi connectivity index (χ1) is 21.2. The Labute approximate surface area is 248 Å². The van der Waals surface area contributed by atoms with E-state index in [1.165, 1.54) is 24.3 Å². The first kappa shape index (κ1) is 30.6. The van der Waals surface area contributed by atoms with E-state index in [2.05, 4.69) is 5.32 Å². The van der Waals surface area contributed by atoms with E-state index in [0.717, 1.165) is 6.42 Å². The predicted octanol–water partition coefficient (Wildman–Crippen LogP) is 1.24. The summed E-state index contributed by atoms with van der Waals surface area (Å²) in [6.07, 6.45) is -3.27. The quantitative estimate of drug-likeness (QED) is 0.201. The van der Waals surface area contributed by atoms with Gasteiger partial charge in [0, 0.05) is 6.42 Å². The van der Waals surface area contributed by atoms with E-state index in [1.807, 2.05) is 0 Å². The van der Waals surface area contributed by atoms with Gasteiger partial charge in [-0.2, -0.15) is 4.39 Å². The molecule has 2 aliphatic heterocycles. The summed E-state index contributed by atoms with van der Waals surface area (Å²) >= 11 is 0. The number of nitrogens with one attached hydrogen (secondary N) is 1. The molecule has 0 spiro atoms. The van der Waals surface area contributed by atoms with Crippen LogP contribution in [0, 0.1) is 5.82 Å². The summed E-state index contributed by atoms with van der Waals surface area (Å²) in [5.41, 5.74) is -5.04. The Bertz CT molecular complexity index is 1620. The van der Waals surface area contributed by atoms with E-state index in [4.69, 9.17) is 23.7 Å². The number of para-hydroxylation sites is 2. The van der Waals surface area contributed by atoms with Gasteiger partial charge in [-0.1, -0.05) is 36.4 Å². The largest absolute Gasteiger partial charge is 0.513 e. The Morgan fingerprint density at radius 3 is 2.30 bits per heavy atom. The molecule has 5 rings (SSSR count). The lowest BCUT2D eigenvalue weighted by Gasteiger charge is -2.25. The maximum Gasteiger partial charge on any atom is 0.513 e. The highest BCUT2D eigenvalue weighted by Gasteiger charge is 2.56. The molecule has 232 valence electrons. The van der Waals surface area contributed by atoms with Gasteiger partial charge in [0.1, 0.15) is 36.5 Å². The Kier molecular flexibility index (Phi) is 9.18.